The predicted molar refractivity (Wildman–Crippen MR) is 261 cm³/mol. The molecule has 65 heavy (non-hydrogen) atoms. The lowest BCUT2D eigenvalue weighted by Crippen LogP contribution is -2.60. The quantitative estimate of drug-likeness (QED) is 0.0196. The Balaban J connectivity index is 2.36. The highest BCUT2D eigenvalue weighted by Gasteiger charge is 2.46. The summed E-state index contributed by atoms with van der Waals surface area (Å²) in [6.45, 7) is 3.71. The number of aliphatic hydroxyl groups is 3. The summed E-state index contributed by atoms with van der Waals surface area (Å²) >= 11 is 0. The summed E-state index contributed by atoms with van der Waals surface area (Å²) in [5.74, 6) is -2.04. The Morgan fingerprint density at radius 2 is 0.954 bits per heavy atom. The molecule has 4 N–H and O–H groups in total. The lowest BCUT2D eigenvalue weighted by molar-refractivity contribution is -0.297. The summed E-state index contributed by atoms with van der Waals surface area (Å²) < 4.78 is 54.2. The van der Waals surface area contributed by atoms with Gasteiger partial charge in [0.2, 0.25) is 0 Å². The highest BCUT2D eigenvalue weighted by molar-refractivity contribution is 7.85. The first-order chi connectivity index (χ1) is 31.5. The molecule has 1 aliphatic rings. The van der Waals surface area contributed by atoms with Gasteiger partial charge in [-0.05, 0) is 57.8 Å². The number of ether oxygens (including phenoxy) is 4. The maximum absolute atomic E-state index is 12.9. The van der Waals surface area contributed by atoms with Crippen LogP contribution in [-0.2, 0) is 38.7 Å². The molecule has 6 atom stereocenters. The van der Waals surface area contributed by atoms with Gasteiger partial charge < -0.3 is 34.3 Å². The molecular formula is C52H94O12S. The van der Waals surface area contributed by atoms with Crippen LogP contribution in [0.4, 0.5) is 0 Å². The van der Waals surface area contributed by atoms with E-state index in [1.165, 1.54) is 122 Å². The van der Waals surface area contributed by atoms with Crippen LogP contribution < -0.4 is 0 Å². The van der Waals surface area contributed by atoms with E-state index in [1.807, 2.05) is 0 Å². The zero-order chi connectivity index (χ0) is 47.6. The molecule has 1 heterocycles. The second-order valence-electron chi connectivity index (χ2n) is 18.2. The molecule has 0 bridgehead atoms. The number of aliphatic hydroxyl groups excluding tert-OH is 3. The lowest BCUT2D eigenvalue weighted by Gasteiger charge is -2.40. The SMILES string of the molecule is CCCC/C=C/C/C=C/CCCCCCCC(=O)OC[C@H](CO[C@H]1O[C@H](CS(=O)(=O)O)[C@@H](O)C(O)C1O)OC(=O)CCC/C=C/CCCCCCCCCCCCCCCCCCCC. The van der Waals surface area contributed by atoms with Crippen molar-refractivity contribution in [2.24, 2.45) is 0 Å². The van der Waals surface area contributed by atoms with Crippen molar-refractivity contribution in [1.82, 2.24) is 0 Å². The molecule has 1 aliphatic heterocycles. The van der Waals surface area contributed by atoms with E-state index >= 15 is 0 Å². The van der Waals surface area contributed by atoms with Crippen LogP contribution in [0.1, 0.15) is 226 Å². The summed E-state index contributed by atoms with van der Waals surface area (Å²) in [5.41, 5.74) is 0. The normalized spacial score (nSPS) is 19.8. The summed E-state index contributed by atoms with van der Waals surface area (Å²) in [6.07, 6.45) is 40.6. The Kier molecular flexibility index (Phi) is 39.4. The standard InChI is InChI=1S/C52H94O12S/c1-3-5-7-9-11-13-15-17-19-20-21-22-23-24-25-26-27-29-31-33-35-37-39-41-48(54)63-45(43-62-52-51(57)50(56)49(55)46(64-52)44-65(58,59)60)42-61-47(53)40-38-36-34-32-30-28-18-16-14-12-10-8-6-4-2/h10,12,16,18,33,35,45-46,49-52,55-57H,3-9,11,13-15,17,19-32,34,36-44H2,1-2H3,(H,58,59,60)/b12-10+,18-16+,35-33+/t45-,46-,49-,50?,51?,52+/m1/s1. The van der Waals surface area contributed by atoms with E-state index in [-0.39, 0.29) is 19.4 Å². The molecule has 13 heteroatoms. The molecule has 0 aromatic carbocycles. The van der Waals surface area contributed by atoms with Crippen molar-refractivity contribution in [1.29, 1.82) is 0 Å². The van der Waals surface area contributed by atoms with E-state index in [4.69, 9.17) is 18.9 Å². The van der Waals surface area contributed by atoms with Crippen LogP contribution in [0.3, 0.4) is 0 Å². The Bertz CT molecular complexity index is 1330. The third kappa shape index (κ3) is 36.6. The topological polar surface area (TPSA) is 186 Å². The molecule has 1 fully saturated rings. The van der Waals surface area contributed by atoms with Crippen molar-refractivity contribution in [3.05, 3.63) is 36.5 Å². The molecule has 0 radical (unpaired) electrons. The molecule has 380 valence electrons. The molecule has 1 saturated heterocycles. The Labute approximate surface area is 395 Å². The fourth-order valence-electron chi connectivity index (χ4n) is 7.88. The molecule has 0 aliphatic carbocycles. The minimum atomic E-state index is -4.61. The van der Waals surface area contributed by atoms with E-state index in [0.29, 0.717) is 19.3 Å². The Morgan fingerprint density at radius 3 is 1.46 bits per heavy atom. The van der Waals surface area contributed by atoms with E-state index in [2.05, 4.69) is 50.3 Å². The number of allylic oxidation sites excluding steroid dienone is 6. The van der Waals surface area contributed by atoms with Crippen molar-refractivity contribution in [2.45, 2.75) is 263 Å². The van der Waals surface area contributed by atoms with Crippen LogP contribution >= 0.6 is 0 Å². The number of rotatable bonds is 44. The average Bonchev–Trinajstić information content (AvgIpc) is 3.27. The largest absolute Gasteiger partial charge is 0.462 e. The van der Waals surface area contributed by atoms with Gasteiger partial charge in [0.1, 0.15) is 36.8 Å². The number of esters is 2. The average molecular weight is 943 g/mol. The maximum Gasteiger partial charge on any atom is 0.306 e. The van der Waals surface area contributed by atoms with Gasteiger partial charge in [0, 0.05) is 12.8 Å². The molecule has 2 unspecified atom stereocenters. The molecule has 0 aromatic rings. The van der Waals surface area contributed by atoms with Crippen molar-refractivity contribution in [3.63, 3.8) is 0 Å². The highest BCUT2D eigenvalue weighted by Crippen LogP contribution is 2.24. The first-order valence-electron chi connectivity index (χ1n) is 26.0. The van der Waals surface area contributed by atoms with E-state index < -0.39 is 71.2 Å². The molecular weight excluding hydrogens is 849 g/mol. The Morgan fingerprint density at radius 1 is 0.523 bits per heavy atom. The van der Waals surface area contributed by atoms with Crippen LogP contribution in [0.25, 0.3) is 0 Å². The molecule has 12 nitrogen and oxygen atoms in total. The zero-order valence-electron chi connectivity index (χ0n) is 40.8. The monoisotopic (exact) mass is 943 g/mol. The van der Waals surface area contributed by atoms with Crippen LogP contribution in [-0.4, -0.2) is 96.0 Å². The zero-order valence-corrected chi connectivity index (χ0v) is 41.7. The summed E-state index contributed by atoms with van der Waals surface area (Å²) in [4.78, 5) is 25.5. The molecule has 0 saturated carbocycles. The van der Waals surface area contributed by atoms with Gasteiger partial charge in [-0.2, -0.15) is 8.42 Å². The number of carbonyl (C=O) groups is 2. The van der Waals surface area contributed by atoms with E-state index in [0.717, 1.165) is 57.8 Å². The number of carbonyl (C=O) groups excluding carboxylic acids is 2. The molecule has 1 rings (SSSR count). The second kappa shape index (κ2) is 42.0. The number of hydrogen-bond acceptors (Lipinski definition) is 11. The minimum Gasteiger partial charge on any atom is -0.462 e. The summed E-state index contributed by atoms with van der Waals surface area (Å²) in [5, 5.41) is 31.0. The first-order valence-corrected chi connectivity index (χ1v) is 27.7. The number of hydrogen-bond donors (Lipinski definition) is 4. The van der Waals surface area contributed by atoms with Gasteiger partial charge in [0.25, 0.3) is 10.1 Å². The third-order valence-electron chi connectivity index (χ3n) is 11.9. The van der Waals surface area contributed by atoms with Crippen LogP contribution in [0.5, 0.6) is 0 Å². The van der Waals surface area contributed by atoms with Gasteiger partial charge in [-0.25, -0.2) is 0 Å². The third-order valence-corrected chi connectivity index (χ3v) is 12.7. The molecule has 0 spiro atoms. The van der Waals surface area contributed by atoms with E-state index in [1.54, 1.807) is 0 Å². The van der Waals surface area contributed by atoms with Crippen LogP contribution in [0.15, 0.2) is 36.5 Å². The van der Waals surface area contributed by atoms with Gasteiger partial charge in [0.05, 0.1) is 6.61 Å². The number of unbranched alkanes of at least 4 members (excludes halogenated alkanes) is 26. The smallest absolute Gasteiger partial charge is 0.306 e. The Hall–Kier alpha value is -2.13. The maximum atomic E-state index is 12.9. The van der Waals surface area contributed by atoms with Gasteiger partial charge in [-0.15, -0.1) is 0 Å². The lowest BCUT2D eigenvalue weighted by atomic mass is 10.00. The predicted octanol–water partition coefficient (Wildman–Crippen LogP) is 11.7. The summed E-state index contributed by atoms with van der Waals surface area (Å²) in [6, 6.07) is 0. The van der Waals surface area contributed by atoms with Crippen molar-refractivity contribution in [3.8, 4) is 0 Å². The van der Waals surface area contributed by atoms with Gasteiger partial charge in [-0.1, -0.05) is 192 Å². The van der Waals surface area contributed by atoms with Gasteiger partial charge in [0.15, 0.2) is 12.4 Å². The van der Waals surface area contributed by atoms with Crippen LogP contribution in [0, 0.1) is 0 Å². The van der Waals surface area contributed by atoms with Crippen molar-refractivity contribution >= 4 is 22.1 Å². The second-order valence-corrected chi connectivity index (χ2v) is 19.7. The highest BCUT2D eigenvalue weighted by atomic mass is 32.2. The summed E-state index contributed by atoms with van der Waals surface area (Å²) in [7, 11) is -4.61. The van der Waals surface area contributed by atoms with Crippen molar-refractivity contribution in [2.75, 3.05) is 19.0 Å². The molecule has 0 aromatic heterocycles. The van der Waals surface area contributed by atoms with Gasteiger partial charge in [-0.3, -0.25) is 14.1 Å². The fraction of sp³-hybridized carbons (Fsp3) is 0.846. The minimum absolute atomic E-state index is 0.115. The fourth-order valence-corrected chi connectivity index (χ4v) is 8.57. The van der Waals surface area contributed by atoms with Gasteiger partial charge >= 0.3 is 11.9 Å². The van der Waals surface area contributed by atoms with Crippen LogP contribution in [0.2, 0.25) is 0 Å². The van der Waals surface area contributed by atoms with E-state index in [9.17, 15) is 37.9 Å². The molecule has 0 amide bonds. The first kappa shape index (κ1) is 60.9. The van der Waals surface area contributed by atoms with Crippen molar-refractivity contribution < 1.29 is 56.8 Å².